The molecule has 0 spiro atoms. The summed E-state index contributed by atoms with van der Waals surface area (Å²) in [4.78, 5) is 14.3. The summed E-state index contributed by atoms with van der Waals surface area (Å²) in [6, 6.07) is 8.23. The first-order valence-corrected chi connectivity index (χ1v) is 11.2. The first-order valence-electron chi connectivity index (χ1n) is 11.2. The van der Waals surface area contributed by atoms with Crippen LogP contribution in [0.2, 0.25) is 0 Å². The predicted molar refractivity (Wildman–Crippen MR) is 111 cm³/mol. The second kappa shape index (κ2) is 7.22. The smallest absolute Gasteiger partial charge is 0.243 e. The standard InChI is InChI=1S/C23H31N5O/c1-3-20(23-11-16-8-17(12-23)10-18(9-16)13-23)24-21(29)14-28-26-22(25-27-28)19-7-5-4-6-15(19)2/h4-7,16-18,20H,3,8-14H2,1-2H3,(H,24,29)/t16?,17?,18?,20-,23?/m1/s1. The maximum Gasteiger partial charge on any atom is 0.243 e. The molecule has 1 aromatic heterocycles. The van der Waals surface area contributed by atoms with Crippen LogP contribution in [-0.4, -0.2) is 32.2 Å². The van der Waals surface area contributed by atoms with Crippen LogP contribution in [0.3, 0.4) is 0 Å². The molecule has 4 bridgehead atoms. The minimum atomic E-state index is 0.00123. The number of benzene rings is 1. The number of hydrogen-bond acceptors (Lipinski definition) is 4. The second-order valence-electron chi connectivity index (χ2n) is 9.77. The van der Waals surface area contributed by atoms with Crippen LogP contribution in [0.15, 0.2) is 24.3 Å². The Labute approximate surface area is 172 Å². The van der Waals surface area contributed by atoms with Gasteiger partial charge in [0.1, 0.15) is 6.54 Å². The average molecular weight is 394 g/mol. The zero-order valence-corrected chi connectivity index (χ0v) is 17.5. The summed E-state index contributed by atoms with van der Waals surface area (Å²) in [5, 5.41) is 16.1. The summed E-state index contributed by atoms with van der Waals surface area (Å²) < 4.78 is 0. The van der Waals surface area contributed by atoms with Gasteiger partial charge in [-0.3, -0.25) is 4.79 Å². The first-order chi connectivity index (χ1) is 14.0. The molecule has 0 radical (unpaired) electrons. The number of tetrazole rings is 1. The lowest BCUT2D eigenvalue weighted by Gasteiger charge is -2.59. The quantitative estimate of drug-likeness (QED) is 0.811. The highest BCUT2D eigenvalue weighted by Crippen LogP contribution is 2.61. The fourth-order valence-electron chi connectivity index (χ4n) is 6.90. The lowest BCUT2D eigenvalue weighted by atomic mass is 9.47. The van der Waals surface area contributed by atoms with Crippen LogP contribution in [0.25, 0.3) is 11.4 Å². The van der Waals surface area contributed by atoms with Crippen molar-refractivity contribution >= 4 is 5.91 Å². The van der Waals surface area contributed by atoms with Crippen LogP contribution < -0.4 is 5.32 Å². The van der Waals surface area contributed by atoms with E-state index in [9.17, 15) is 4.79 Å². The normalized spacial score (nSPS) is 31.0. The average Bonchev–Trinajstić information content (AvgIpc) is 3.13. The fourth-order valence-corrected chi connectivity index (χ4v) is 6.90. The zero-order chi connectivity index (χ0) is 20.0. The van der Waals surface area contributed by atoms with Gasteiger partial charge in [0.05, 0.1) is 0 Å². The minimum Gasteiger partial charge on any atom is -0.351 e. The third-order valence-electron chi connectivity index (χ3n) is 7.69. The van der Waals surface area contributed by atoms with Gasteiger partial charge in [0, 0.05) is 11.6 Å². The minimum absolute atomic E-state index is 0.00123. The van der Waals surface area contributed by atoms with E-state index in [0.29, 0.717) is 11.2 Å². The molecule has 1 heterocycles. The van der Waals surface area contributed by atoms with E-state index in [-0.39, 0.29) is 18.5 Å². The SMILES string of the molecule is CC[C@@H](NC(=O)Cn1nnc(-c2ccccc2C)n1)C12CC3CC(CC(C3)C1)C2. The Balaban J connectivity index is 1.26. The number of carbonyl (C=O) groups is 1. The lowest BCUT2D eigenvalue weighted by Crippen LogP contribution is -2.57. The molecule has 154 valence electrons. The van der Waals surface area contributed by atoms with E-state index >= 15 is 0 Å². The van der Waals surface area contributed by atoms with Crippen LogP contribution in [-0.2, 0) is 11.3 Å². The molecular weight excluding hydrogens is 362 g/mol. The number of hydrogen-bond donors (Lipinski definition) is 1. The monoisotopic (exact) mass is 393 g/mol. The summed E-state index contributed by atoms with van der Waals surface area (Å²) in [5.41, 5.74) is 2.38. The number of nitrogens with zero attached hydrogens (tertiary/aromatic N) is 4. The number of aryl methyl sites for hydroxylation is 1. The summed E-state index contributed by atoms with van der Waals surface area (Å²) >= 11 is 0. The number of nitrogens with one attached hydrogen (secondary N) is 1. The van der Waals surface area contributed by atoms with Crippen molar-refractivity contribution in [3.63, 3.8) is 0 Å². The molecule has 1 N–H and O–H groups in total. The summed E-state index contributed by atoms with van der Waals surface area (Å²) in [6.45, 7) is 4.37. The van der Waals surface area contributed by atoms with Gasteiger partial charge >= 0.3 is 0 Å². The van der Waals surface area contributed by atoms with E-state index in [0.717, 1.165) is 35.3 Å². The van der Waals surface area contributed by atoms with E-state index in [1.165, 1.54) is 43.3 Å². The second-order valence-corrected chi connectivity index (χ2v) is 9.77. The van der Waals surface area contributed by atoms with Gasteiger partial charge in [-0.15, -0.1) is 10.2 Å². The molecule has 6 nitrogen and oxygen atoms in total. The van der Waals surface area contributed by atoms with Gasteiger partial charge in [-0.1, -0.05) is 31.2 Å². The van der Waals surface area contributed by atoms with Crippen molar-refractivity contribution < 1.29 is 4.79 Å². The largest absolute Gasteiger partial charge is 0.351 e. The first kappa shape index (κ1) is 18.8. The summed E-state index contributed by atoms with van der Waals surface area (Å²) in [5.74, 6) is 3.24. The van der Waals surface area contributed by atoms with E-state index in [2.05, 4.69) is 27.7 Å². The van der Waals surface area contributed by atoms with Crippen LogP contribution >= 0.6 is 0 Å². The van der Waals surface area contributed by atoms with Crippen molar-refractivity contribution in [1.29, 1.82) is 0 Å². The van der Waals surface area contributed by atoms with Crippen molar-refractivity contribution in [3.05, 3.63) is 29.8 Å². The highest BCUT2D eigenvalue weighted by atomic mass is 16.2. The zero-order valence-electron chi connectivity index (χ0n) is 17.5. The summed E-state index contributed by atoms with van der Waals surface area (Å²) in [7, 11) is 0. The Morgan fingerprint density at radius 2 is 1.83 bits per heavy atom. The third-order valence-corrected chi connectivity index (χ3v) is 7.69. The van der Waals surface area contributed by atoms with Crippen LogP contribution in [0.4, 0.5) is 0 Å². The Bertz CT molecular complexity index is 869. The molecule has 1 aromatic carbocycles. The van der Waals surface area contributed by atoms with E-state index in [4.69, 9.17) is 0 Å². The number of rotatable bonds is 6. The lowest BCUT2D eigenvalue weighted by molar-refractivity contribution is -0.127. The van der Waals surface area contributed by atoms with Crippen molar-refractivity contribution in [2.24, 2.45) is 23.2 Å². The molecular formula is C23H31N5O. The number of carbonyl (C=O) groups excluding carboxylic acids is 1. The van der Waals surface area contributed by atoms with Crippen LogP contribution in [0, 0.1) is 30.1 Å². The molecule has 1 amide bonds. The molecule has 1 atom stereocenters. The van der Waals surface area contributed by atoms with Gasteiger partial charge in [0.15, 0.2) is 0 Å². The molecule has 4 saturated carbocycles. The molecule has 2 aromatic rings. The van der Waals surface area contributed by atoms with Gasteiger partial charge < -0.3 is 5.32 Å². The Morgan fingerprint density at radius 3 is 2.45 bits per heavy atom. The van der Waals surface area contributed by atoms with E-state index in [1.807, 2.05) is 31.2 Å². The Morgan fingerprint density at radius 1 is 1.17 bits per heavy atom. The predicted octanol–water partition coefficient (Wildman–Crippen LogP) is 3.76. The Kier molecular flexibility index (Phi) is 4.67. The van der Waals surface area contributed by atoms with Crippen molar-refractivity contribution in [2.45, 2.75) is 71.4 Å². The van der Waals surface area contributed by atoms with Crippen LogP contribution in [0.5, 0.6) is 0 Å². The molecule has 0 unspecified atom stereocenters. The molecule has 4 fully saturated rings. The van der Waals surface area contributed by atoms with Crippen molar-refractivity contribution in [3.8, 4) is 11.4 Å². The maximum atomic E-state index is 12.8. The van der Waals surface area contributed by atoms with Gasteiger partial charge in [0.25, 0.3) is 0 Å². The van der Waals surface area contributed by atoms with Gasteiger partial charge in [-0.05, 0) is 85.8 Å². The molecule has 0 saturated heterocycles. The third kappa shape index (κ3) is 3.47. The molecule has 29 heavy (non-hydrogen) atoms. The fraction of sp³-hybridized carbons (Fsp3) is 0.652. The van der Waals surface area contributed by atoms with Gasteiger partial charge in [-0.2, -0.15) is 4.80 Å². The number of aromatic nitrogens is 4. The molecule has 6 rings (SSSR count). The Hall–Kier alpha value is -2.24. The molecule has 0 aliphatic heterocycles. The molecule has 4 aliphatic rings. The van der Waals surface area contributed by atoms with Gasteiger partial charge in [0.2, 0.25) is 11.7 Å². The van der Waals surface area contributed by atoms with Crippen molar-refractivity contribution in [2.75, 3.05) is 0 Å². The molecule has 4 aliphatic carbocycles. The topological polar surface area (TPSA) is 72.7 Å². The highest BCUT2D eigenvalue weighted by molar-refractivity contribution is 5.76. The highest BCUT2D eigenvalue weighted by Gasteiger charge is 2.54. The van der Waals surface area contributed by atoms with E-state index < -0.39 is 0 Å². The van der Waals surface area contributed by atoms with E-state index in [1.54, 1.807) is 0 Å². The van der Waals surface area contributed by atoms with Gasteiger partial charge in [-0.25, -0.2) is 0 Å². The van der Waals surface area contributed by atoms with Crippen molar-refractivity contribution in [1.82, 2.24) is 25.5 Å². The van der Waals surface area contributed by atoms with Crippen LogP contribution in [0.1, 0.15) is 57.4 Å². The molecule has 6 heteroatoms. The maximum absolute atomic E-state index is 12.8. The summed E-state index contributed by atoms with van der Waals surface area (Å²) in [6.07, 6.45) is 9.18. The number of amides is 1.